The molecule has 4 rings (SSSR count). The average molecular weight is 404 g/mol. The van der Waals surface area contributed by atoms with Gasteiger partial charge in [0.25, 0.3) is 0 Å². The Kier molecular flexibility index (Phi) is 4.68. The number of hydrogen-bond acceptors (Lipinski definition) is 7. The van der Waals surface area contributed by atoms with Crippen molar-refractivity contribution < 1.29 is 29.2 Å². The van der Waals surface area contributed by atoms with Gasteiger partial charge in [0, 0.05) is 12.0 Å². The molecule has 29 heavy (non-hydrogen) atoms. The third-order valence-electron chi connectivity index (χ3n) is 6.28. The van der Waals surface area contributed by atoms with Gasteiger partial charge in [-0.3, -0.25) is 0 Å². The van der Waals surface area contributed by atoms with Crippen LogP contribution in [0.4, 0.5) is 0 Å². The van der Waals surface area contributed by atoms with E-state index in [1.807, 2.05) is 20.8 Å². The summed E-state index contributed by atoms with van der Waals surface area (Å²) in [4.78, 5) is 12.3. The summed E-state index contributed by atoms with van der Waals surface area (Å²) in [6.07, 6.45) is -2.40. The van der Waals surface area contributed by atoms with Crippen molar-refractivity contribution in [2.45, 2.75) is 77.5 Å². The molecule has 3 heterocycles. The Morgan fingerprint density at radius 2 is 1.76 bits per heavy atom. The molecule has 1 aromatic carbocycles. The molecule has 0 aliphatic carbocycles. The second kappa shape index (κ2) is 6.72. The van der Waals surface area contributed by atoms with Gasteiger partial charge in [-0.25, -0.2) is 4.79 Å². The Bertz CT molecular complexity index is 1020. The standard InChI is InChI=1S/C22H28O7/c1-6-7-11-8-12(23)28-18-13(11)20-15(17(25)21(26)22(4,5)29-20)19-14(18)16(24)9(2)10(3)27-19/h8-10,16-17,21,24-26H,6-7H2,1-5H3/t9-,10-,16+,17+,21-/m1/s1. The van der Waals surface area contributed by atoms with Crippen LogP contribution < -0.4 is 15.1 Å². The van der Waals surface area contributed by atoms with E-state index in [2.05, 4.69) is 0 Å². The number of rotatable bonds is 2. The first kappa shape index (κ1) is 20.2. The van der Waals surface area contributed by atoms with Gasteiger partial charge >= 0.3 is 5.63 Å². The van der Waals surface area contributed by atoms with Gasteiger partial charge in [0.2, 0.25) is 0 Å². The zero-order valence-electron chi connectivity index (χ0n) is 17.4. The predicted octanol–water partition coefficient (Wildman–Crippen LogP) is 2.76. The lowest BCUT2D eigenvalue weighted by atomic mass is 9.81. The number of hydrogen-bond donors (Lipinski definition) is 3. The zero-order chi connectivity index (χ0) is 21.2. The first-order chi connectivity index (χ1) is 13.6. The Morgan fingerprint density at radius 3 is 2.41 bits per heavy atom. The van der Waals surface area contributed by atoms with Crippen LogP contribution in [0.3, 0.4) is 0 Å². The second-order valence-electron chi connectivity index (χ2n) is 8.75. The van der Waals surface area contributed by atoms with Crippen LogP contribution in [-0.2, 0) is 6.42 Å². The molecular formula is C22H28O7. The SMILES string of the molecule is CCCc1cc(=O)oc2c3c(c4c(c12)OC(C)(C)[C@H](O)[C@H]4O)O[C@H](C)[C@@H](C)[C@@H]3O. The third kappa shape index (κ3) is 2.86. The predicted molar refractivity (Wildman–Crippen MR) is 106 cm³/mol. The summed E-state index contributed by atoms with van der Waals surface area (Å²) in [6, 6.07) is 1.42. The largest absolute Gasteiger partial charge is 0.489 e. The van der Waals surface area contributed by atoms with Crippen molar-refractivity contribution in [2.24, 2.45) is 5.92 Å². The molecule has 2 aliphatic rings. The molecule has 0 fully saturated rings. The quantitative estimate of drug-likeness (QED) is 0.660. The van der Waals surface area contributed by atoms with Gasteiger partial charge in [-0.05, 0) is 32.8 Å². The minimum absolute atomic E-state index is 0.223. The zero-order valence-corrected chi connectivity index (χ0v) is 17.4. The lowest BCUT2D eigenvalue weighted by Gasteiger charge is -2.43. The number of aliphatic hydroxyl groups excluding tert-OH is 3. The topological polar surface area (TPSA) is 109 Å². The van der Waals surface area contributed by atoms with Gasteiger partial charge in [-0.15, -0.1) is 0 Å². The van der Waals surface area contributed by atoms with Crippen LogP contribution in [0.2, 0.25) is 0 Å². The summed E-state index contributed by atoms with van der Waals surface area (Å²) >= 11 is 0. The van der Waals surface area contributed by atoms with Crippen LogP contribution in [0.15, 0.2) is 15.3 Å². The molecule has 0 saturated heterocycles. The lowest BCUT2D eigenvalue weighted by molar-refractivity contribution is -0.113. The molecule has 7 heteroatoms. The minimum atomic E-state index is -1.28. The maximum absolute atomic E-state index is 12.3. The smallest absolute Gasteiger partial charge is 0.336 e. The van der Waals surface area contributed by atoms with Crippen molar-refractivity contribution in [1.29, 1.82) is 0 Å². The molecule has 1 aromatic heterocycles. The summed E-state index contributed by atoms with van der Waals surface area (Å²) in [5.74, 6) is 0.305. The van der Waals surface area contributed by atoms with Crippen LogP contribution in [0.1, 0.15) is 69.9 Å². The highest BCUT2D eigenvalue weighted by molar-refractivity contribution is 5.94. The molecule has 7 nitrogen and oxygen atoms in total. The van der Waals surface area contributed by atoms with Gasteiger partial charge in [0.1, 0.15) is 35.4 Å². The van der Waals surface area contributed by atoms with Crippen molar-refractivity contribution >= 4 is 11.0 Å². The summed E-state index contributed by atoms with van der Waals surface area (Å²) < 4.78 is 17.8. The molecule has 0 amide bonds. The van der Waals surface area contributed by atoms with E-state index < -0.39 is 29.5 Å². The van der Waals surface area contributed by atoms with Crippen LogP contribution >= 0.6 is 0 Å². The van der Waals surface area contributed by atoms with E-state index in [-0.39, 0.29) is 23.4 Å². The van der Waals surface area contributed by atoms with Gasteiger partial charge in [-0.2, -0.15) is 0 Å². The monoisotopic (exact) mass is 404 g/mol. The maximum atomic E-state index is 12.3. The van der Waals surface area contributed by atoms with Crippen molar-refractivity contribution in [3.05, 3.63) is 33.2 Å². The number of benzene rings is 1. The average Bonchev–Trinajstić information content (AvgIpc) is 2.63. The van der Waals surface area contributed by atoms with E-state index in [0.29, 0.717) is 28.7 Å². The maximum Gasteiger partial charge on any atom is 0.336 e. The summed E-state index contributed by atoms with van der Waals surface area (Å²) in [5, 5.41) is 33.3. The molecule has 5 atom stereocenters. The summed E-state index contributed by atoms with van der Waals surface area (Å²) in [5.41, 5.74) is -0.0233. The highest BCUT2D eigenvalue weighted by Crippen LogP contribution is 2.55. The summed E-state index contributed by atoms with van der Waals surface area (Å²) in [7, 11) is 0. The molecule has 2 aromatic rings. The molecule has 3 N–H and O–H groups in total. The number of ether oxygens (including phenoxy) is 2. The Labute approximate surface area is 168 Å². The molecule has 0 bridgehead atoms. The fourth-order valence-corrected chi connectivity index (χ4v) is 4.38. The minimum Gasteiger partial charge on any atom is -0.489 e. The number of aryl methyl sites for hydroxylation is 1. The van der Waals surface area contributed by atoms with E-state index in [9.17, 15) is 20.1 Å². The van der Waals surface area contributed by atoms with Crippen LogP contribution in [0.5, 0.6) is 11.5 Å². The normalized spacial score (nSPS) is 30.3. The summed E-state index contributed by atoms with van der Waals surface area (Å²) in [6.45, 7) is 9.05. The molecule has 0 saturated carbocycles. The molecular weight excluding hydrogens is 376 g/mol. The number of fused-ring (bicyclic) bond motifs is 6. The molecule has 2 aliphatic heterocycles. The second-order valence-corrected chi connectivity index (χ2v) is 8.75. The van der Waals surface area contributed by atoms with Crippen LogP contribution in [0, 0.1) is 5.92 Å². The fraction of sp³-hybridized carbons (Fsp3) is 0.591. The van der Waals surface area contributed by atoms with E-state index in [1.54, 1.807) is 13.8 Å². The van der Waals surface area contributed by atoms with Crippen molar-refractivity contribution in [2.75, 3.05) is 0 Å². The Balaban J connectivity index is 2.19. The highest BCUT2D eigenvalue weighted by Gasteiger charge is 2.48. The fourth-order valence-electron chi connectivity index (χ4n) is 4.38. The Hall–Kier alpha value is -2.09. The third-order valence-corrected chi connectivity index (χ3v) is 6.28. The first-order valence-corrected chi connectivity index (χ1v) is 10.1. The van der Waals surface area contributed by atoms with Crippen molar-refractivity contribution in [1.82, 2.24) is 0 Å². The van der Waals surface area contributed by atoms with E-state index in [4.69, 9.17) is 13.9 Å². The van der Waals surface area contributed by atoms with Gasteiger partial charge in [0.05, 0.1) is 22.6 Å². The van der Waals surface area contributed by atoms with Gasteiger partial charge in [-0.1, -0.05) is 20.3 Å². The number of aliphatic hydroxyl groups is 3. The van der Waals surface area contributed by atoms with Crippen LogP contribution in [0.25, 0.3) is 11.0 Å². The van der Waals surface area contributed by atoms with Crippen molar-refractivity contribution in [3.63, 3.8) is 0 Å². The molecule has 0 spiro atoms. The van der Waals surface area contributed by atoms with E-state index in [0.717, 1.165) is 12.0 Å². The van der Waals surface area contributed by atoms with E-state index >= 15 is 0 Å². The van der Waals surface area contributed by atoms with Gasteiger partial charge in [0.15, 0.2) is 5.58 Å². The van der Waals surface area contributed by atoms with Gasteiger partial charge < -0.3 is 29.2 Å². The van der Waals surface area contributed by atoms with E-state index in [1.165, 1.54) is 6.07 Å². The Morgan fingerprint density at radius 1 is 1.07 bits per heavy atom. The van der Waals surface area contributed by atoms with Crippen LogP contribution in [-0.4, -0.2) is 33.1 Å². The first-order valence-electron chi connectivity index (χ1n) is 10.1. The highest BCUT2D eigenvalue weighted by atomic mass is 16.5. The molecule has 0 unspecified atom stereocenters. The lowest BCUT2D eigenvalue weighted by Crippen LogP contribution is -2.49. The molecule has 158 valence electrons. The van der Waals surface area contributed by atoms with Crippen molar-refractivity contribution in [3.8, 4) is 11.5 Å². The molecule has 0 radical (unpaired) electrons.